The Morgan fingerprint density at radius 2 is 1.90 bits per heavy atom. The third kappa shape index (κ3) is 3.29. The van der Waals surface area contributed by atoms with E-state index in [2.05, 4.69) is 5.32 Å². The molecule has 5 nitrogen and oxygen atoms in total. The van der Waals surface area contributed by atoms with Gasteiger partial charge in [-0.2, -0.15) is 0 Å². The number of rotatable bonds is 6. The Hall–Kier alpha value is -2.17. The van der Waals surface area contributed by atoms with Crippen LogP contribution in [0.4, 0.5) is 0 Å². The second kappa shape index (κ2) is 6.52. The van der Waals surface area contributed by atoms with Crippen molar-refractivity contribution in [2.75, 3.05) is 13.1 Å². The van der Waals surface area contributed by atoms with Gasteiger partial charge in [-0.3, -0.25) is 19.3 Å². The largest absolute Gasteiger partial charge is 0.356 e. The van der Waals surface area contributed by atoms with Gasteiger partial charge >= 0.3 is 0 Å². The topological polar surface area (TPSA) is 66.5 Å². The zero-order chi connectivity index (χ0) is 15.4. The van der Waals surface area contributed by atoms with E-state index in [1.54, 1.807) is 12.1 Å². The van der Waals surface area contributed by atoms with Gasteiger partial charge in [0, 0.05) is 19.5 Å². The van der Waals surface area contributed by atoms with Gasteiger partial charge < -0.3 is 5.32 Å². The maximum atomic E-state index is 12.2. The van der Waals surface area contributed by atoms with Crippen molar-refractivity contribution in [1.82, 2.24) is 10.2 Å². The number of benzene rings is 1. The summed E-state index contributed by atoms with van der Waals surface area (Å²) in [7, 11) is 0. The molecule has 0 spiro atoms. The Kier molecular flexibility index (Phi) is 4.73. The molecule has 21 heavy (non-hydrogen) atoms. The van der Waals surface area contributed by atoms with Gasteiger partial charge in [0.1, 0.15) is 0 Å². The highest BCUT2D eigenvalue weighted by Gasteiger charge is 2.35. The van der Waals surface area contributed by atoms with Gasteiger partial charge in [-0.1, -0.05) is 25.0 Å². The Balaban J connectivity index is 1.96. The van der Waals surface area contributed by atoms with Gasteiger partial charge in [0.25, 0.3) is 11.8 Å². The highest BCUT2D eigenvalue weighted by molar-refractivity contribution is 6.21. The molecule has 0 saturated carbocycles. The van der Waals surface area contributed by atoms with Gasteiger partial charge in [0.15, 0.2) is 0 Å². The van der Waals surface area contributed by atoms with Crippen molar-refractivity contribution < 1.29 is 14.4 Å². The third-order valence-corrected chi connectivity index (χ3v) is 3.54. The molecule has 0 atom stereocenters. The van der Waals surface area contributed by atoms with E-state index in [-0.39, 0.29) is 30.7 Å². The van der Waals surface area contributed by atoms with E-state index in [9.17, 15) is 14.4 Å². The van der Waals surface area contributed by atoms with Gasteiger partial charge in [-0.05, 0) is 25.5 Å². The zero-order valence-electron chi connectivity index (χ0n) is 12.4. The van der Waals surface area contributed by atoms with Gasteiger partial charge in [-0.15, -0.1) is 0 Å². The lowest BCUT2D eigenvalue weighted by molar-refractivity contribution is -0.121. The summed E-state index contributed by atoms with van der Waals surface area (Å²) >= 11 is 0. The predicted octanol–water partition coefficient (Wildman–Crippen LogP) is 1.90. The highest BCUT2D eigenvalue weighted by atomic mass is 16.2. The van der Waals surface area contributed by atoms with E-state index in [1.807, 2.05) is 19.9 Å². The fourth-order valence-corrected chi connectivity index (χ4v) is 2.31. The van der Waals surface area contributed by atoms with Crippen molar-refractivity contribution in [1.29, 1.82) is 0 Å². The molecule has 1 aliphatic heterocycles. The molecule has 1 N–H and O–H groups in total. The number of hydrogen-bond donors (Lipinski definition) is 1. The Morgan fingerprint density at radius 1 is 1.19 bits per heavy atom. The second-order valence-electron chi connectivity index (χ2n) is 5.26. The monoisotopic (exact) mass is 288 g/mol. The van der Waals surface area contributed by atoms with Crippen molar-refractivity contribution in [3.8, 4) is 0 Å². The minimum atomic E-state index is -0.309. The van der Waals surface area contributed by atoms with Crippen LogP contribution >= 0.6 is 0 Å². The molecule has 0 bridgehead atoms. The molecule has 0 aromatic heterocycles. The van der Waals surface area contributed by atoms with Gasteiger partial charge in [0.2, 0.25) is 5.91 Å². The molecule has 0 aliphatic carbocycles. The average molecular weight is 288 g/mol. The Bertz CT molecular complexity index is 581. The lowest BCUT2D eigenvalue weighted by atomic mass is 10.1. The van der Waals surface area contributed by atoms with E-state index in [1.165, 1.54) is 0 Å². The quantitative estimate of drug-likeness (QED) is 0.642. The summed E-state index contributed by atoms with van der Waals surface area (Å²) < 4.78 is 0. The number of carbonyl (C=O) groups is 3. The van der Waals surface area contributed by atoms with Crippen LogP contribution in [0.3, 0.4) is 0 Å². The first-order valence-electron chi connectivity index (χ1n) is 7.28. The average Bonchev–Trinajstić information content (AvgIpc) is 2.69. The molecule has 0 radical (unpaired) electrons. The molecule has 0 fully saturated rings. The van der Waals surface area contributed by atoms with Crippen LogP contribution in [0.25, 0.3) is 0 Å². The number of fused-ring (bicyclic) bond motifs is 1. The van der Waals surface area contributed by atoms with E-state index >= 15 is 0 Å². The fraction of sp³-hybridized carbons (Fsp3) is 0.438. The Labute approximate surface area is 124 Å². The number of imide groups is 1. The number of unbranched alkanes of at least 4 members (excludes halogenated alkanes) is 1. The molecule has 1 aliphatic rings. The number of hydrogen-bond acceptors (Lipinski definition) is 3. The minimum absolute atomic E-state index is 0.128. The smallest absolute Gasteiger partial charge is 0.261 e. The van der Waals surface area contributed by atoms with Crippen LogP contribution < -0.4 is 5.32 Å². The summed E-state index contributed by atoms with van der Waals surface area (Å²) in [5.41, 5.74) is 1.80. The summed E-state index contributed by atoms with van der Waals surface area (Å²) in [5.74, 6) is -0.743. The van der Waals surface area contributed by atoms with Crippen LogP contribution in [0, 0.1) is 6.92 Å². The number of nitrogens with zero attached hydrogens (tertiary/aromatic N) is 1. The van der Waals surface area contributed by atoms with Crippen LogP contribution in [0.15, 0.2) is 18.2 Å². The van der Waals surface area contributed by atoms with Crippen molar-refractivity contribution in [2.45, 2.75) is 33.1 Å². The van der Waals surface area contributed by atoms with Crippen molar-refractivity contribution in [3.63, 3.8) is 0 Å². The molecule has 0 unspecified atom stereocenters. The first kappa shape index (κ1) is 15.2. The van der Waals surface area contributed by atoms with Crippen LogP contribution in [0.1, 0.15) is 52.5 Å². The molecular weight excluding hydrogens is 268 g/mol. The first-order valence-corrected chi connectivity index (χ1v) is 7.28. The standard InChI is InChI=1S/C16H20N2O3/c1-3-4-8-17-14(19)7-9-18-15(20)12-6-5-11(2)10-13(12)16(18)21/h5-6,10H,3-4,7-9H2,1-2H3,(H,17,19). The molecular formula is C16H20N2O3. The van der Waals surface area contributed by atoms with Crippen molar-refractivity contribution >= 4 is 17.7 Å². The van der Waals surface area contributed by atoms with E-state index in [4.69, 9.17) is 0 Å². The lowest BCUT2D eigenvalue weighted by Crippen LogP contribution is -2.34. The maximum absolute atomic E-state index is 12.2. The van der Waals surface area contributed by atoms with Crippen molar-refractivity contribution in [2.24, 2.45) is 0 Å². The number of carbonyl (C=O) groups excluding carboxylic acids is 3. The zero-order valence-corrected chi connectivity index (χ0v) is 12.4. The second-order valence-corrected chi connectivity index (χ2v) is 5.26. The molecule has 0 saturated heterocycles. The normalized spacial score (nSPS) is 13.5. The lowest BCUT2D eigenvalue weighted by Gasteiger charge is -2.13. The van der Waals surface area contributed by atoms with Crippen LogP contribution in [0.2, 0.25) is 0 Å². The summed E-state index contributed by atoms with van der Waals surface area (Å²) in [6.45, 7) is 4.69. The van der Waals surface area contributed by atoms with Crippen LogP contribution in [-0.2, 0) is 4.79 Å². The minimum Gasteiger partial charge on any atom is -0.356 e. The molecule has 5 heteroatoms. The van der Waals surface area contributed by atoms with Crippen LogP contribution in [0.5, 0.6) is 0 Å². The van der Waals surface area contributed by atoms with Gasteiger partial charge in [-0.25, -0.2) is 0 Å². The summed E-state index contributed by atoms with van der Waals surface area (Å²) in [4.78, 5) is 37.2. The Morgan fingerprint density at radius 3 is 2.62 bits per heavy atom. The van der Waals surface area contributed by atoms with E-state index in [0.717, 1.165) is 23.3 Å². The summed E-state index contributed by atoms with van der Waals surface area (Å²) in [6, 6.07) is 5.20. The SMILES string of the molecule is CCCCNC(=O)CCN1C(=O)c2ccc(C)cc2C1=O. The molecule has 1 heterocycles. The summed E-state index contributed by atoms with van der Waals surface area (Å²) in [6.07, 6.45) is 2.09. The molecule has 2 rings (SSSR count). The predicted molar refractivity (Wildman–Crippen MR) is 79.1 cm³/mol. The number of amides is 3. The molecule has 112 valence electrons. The van der Waals surface area contributed by atoms with E-state index < -0.39 is 0 Å². The molecule has 1 aromatic carbocycles. The first-order chi connectivity index (χ1) is 10.0. The summed E-state index contributed by atoms with van der Waals surface area (Å²) in [5, 5.41) is 2.78. The molecule has 3 amide bonds. The van der Waals surface area contributed by atoms with Gasteiger partial charge in [0.05, 0.1) is 11.1 Å². The highest BCUT2D eigenvalue weighted by Crippen LogP contribution is 2.23. The molecule has 1 aromatic rings. The van der Waals surface area contributed by atoms with E-state index in [0.29, 0.717) is 17.7 Å². The van der Waals surface area contributed by atoms with Crippen LogP contribution in [-0.4, -0.2) is 35.7 Å². The number of nitrogens with one attached hydrogen (secondary N) is 1. The third-order valence-electron chi connectivity index (χ3n) is 3.54. The number of aryl methyl sites for hydroxylation is 1. The fourth-order valence-electron chi connectivity index (χ4n) is 2.31. The maximum Gasteiger partial charge on any atom is 0.261 e. The van der Waals surface area contributed by atoms with Crippen molar-refractivity contribution in [3.05, 3.63) is 34.9 Å².